The second-order valence-electron chi connectivity index (χ2n) is 8.59. The number of aromatic nitrogens is 2. The largest absolute Gasteiger partial charge is 0.475 e. The Bertz CT molecular complexity index is 1360. The Labute approximate surface area is 203 Å². The summed E-state index contributed by atoms with van der Waals surface area (Å²) in [5.41, 5.74) is 6.19. The number of carbonyl (C=O) groups is 1. The van der Waals surface area contributed by atoms with E-state index < -0.39 is 5.97 Å². The highest BCUT2D eigenvalue weighted by Crippen LogP contribution is 2.31. The fourth-order valence-electron chi connectivity index (χ4n) is 4.50. The summed E-state index contributed by atoms with van der Waals surface area (Å²) >= 11 is 0. The molecule has 176 valence electrons. The van der Waals surface area contributed by atoms with Crippen molar-refractivity contribution < 1.29 is 19.1 Å². The molecule has 0 spiro atoms. The lowest BCUT2D eigenvalue weighted by molar-refractivity contribution is -0.135. The SMILES string of the molecule is O=C(O)C(=CCc1coc(Cc2ccccc2-c2cccnc2)n1)Oc1cccc2c1CCCC2. The molecule has 0 saturated carbocycles. The molecule has 0 unspecified atom stereocenters. The molecule has 0 fully saturated rings. The highest BCUT2D eigenvalue weighted by molar-refractivity contribution is 5.85. The number of rotatable bonds is 8. The maximum Gasteiger partial charge on any atom is 0.371 e. The van der Waals surface area contributed by atoms with Crippen LogP contribution in [0.15, 0.2) is 89.5 Å². The lowest BCUT2D eigenvalue weighted by atomic mass is 9.91. The summed E-state index contributed by atoms with van der Waals surface area (Å²) in [5.74, 6) is -0.00802. The van der Waals surface area contributed by atoms with E-state index >= 15 is 0 Å². The smallest absolute Gasteiger partial charge is 0.371 e. The molecule has 2 aromatic heterocycles. The first-order chi connectivity index (χ1) is 17.2. The fourth-order valence-corrected chi connectivity index (χ4v) is 4.50. The van der Waals surface area contributed by atoms with E-state index in [4.69, 9.17) is 9.15 Å². The molecule has 5 rings (SSSR count). The average molecular weight is 467 g/mol. The van der Waals surface area contributed by atoms with E-state index in [9.17, 15) is 9.90 Å². The second kappa shape index (κ2) is 10.4. The summed E-state index contributed by atoms with van der Waals surface area (Å²) in [4.78, 5) is 20.7. The molecule has 1 N–H and O–H groups in total. The lowest BCUT2D eigenvalue weighted by Gasteiger charge is -2.19. The first kappa shape index (κ1) is 22.6. The predicted molar refractivity (Wildman–Crippen MR) is 132 cm³/mol. The quantitative estimate of drug-likeness (QED) is 0.261. The number of hydrogen-bond donors (Lipinski definition) is 1. The highest BCUT2D eigenvalue weighted by Gasteiger charge is 2.18. The van der Waals surface area contributed by atoms with Crippen molar-refractivity contribution >= 4 is 5.97 Å². The average Bonchev–Trinajstić information content (AvgIpc) is 3.34. The van der Waals surface area contributed by atoms with Crippen LogP contribution in [0.5, 0.6) is 5.75 Å². The normalized spacial score (nSPS) is 13.3. The minimum absolute atomic E-state index is 0.101. The van der Waals surface area contributed by atoms with Gasteiger partial charge in [-0.3, -0.25) is 4.98 Å². The highest BCUT2D eigenvalue weighted by atomic mass is 16.5. The molecule has 0 saturated heterocycles. The van der Waals surface area contributed by atoms with Gasteiger partial charge < -0.3 is 14.3 Å². The molecular weight excluding hydrogens is 440 g/mol. The Morgan fingerprint density at radius 2 is 1.94 bits per heavy atom. The third kappa shape index (κ3) is 5.32. The maximum atomic E-state index is 11.9. The Hall–Kier alpha value is -4.19. The van der Waals surface area contributed by atoms with E-state index in [0.29, 0.717) is 30.2 Å². The van der Waals surface area contributed by atoms with Gasteiger partial charge in [-0.1, -0.05) is 42.5 Å². The third-order valence-corrected chi connectivity index (χ3v) is 6.21. The number of hydrogen-bond acceptors (Lipinski definition) is 5. The zero-order valence-electron chi connectivity index (χ0n) is 19.3. The number of carboxylic acids is 1. The molecule has 6 nitrogen and oxygen atoms in total. The van der Waals surface area contributed by atoms with Crippen LogP contribution in [0.2, 0.25) is 0 Å². The Morgan fingerprint density at radius 3 is 2.80 bits per heavy atom. The topological polar surface area (TPSA) is 85.5 Å². The van der Waals surface area contributed by atoms with Gasteiger partial charge >= 0.3 is 5.97 Å². The summed E-state index contributed by atoms with van der Waals surface area (Å²) in [6, 6.07) is 17.9. The van der Waals surface area contributed by atoms with Crippen LogP contribution in [0.25, 0.3) is 11.1 Å². The monoisotopic (exact) mass is 466 g/mol. The van der Waals surface area contributed by atoms with Crippen LogP contribution in [-0.4, -0.2) is 21.0 Å². The van der Waals surface area contributed by atoms with E-state index in [1.165, 1.54) is 5.56 Å². The molecule has 2 aromatic carbocycles. The van der Waals surface area contributed by atoms with E-state index in [0.717, 1.165) is 47.9 Å². The van der Waals surface area contributed by atoms with Gasteiger partial charge in [0.1, 0.15) is 12.0 Å². The second-order valence-corrected chi connectivity index (χ2v) is 8.59. The number of ether oxygens (including phenoxy) is 1. The summed E-state index contributed by atoms with van der Waals surface area (Å²) in [6.07, 6.45) is 11.7. The molecule has 0 aliphatic heterocycles. The molecule has 6 heteroatoms. The summed E-state index contributed by atoms with van der Waals surface area (Å²) < 4.78 is 11.6. The molecule has 1 aliphatic carbocycles. The van der Waals surface area contributed by atoms with E-state index in [1.807, 2.05) is 48.7 Å². The third-order valence-electron chi connectivity index (χ3n) is 6.21. The van der Waals surface area contributed by atoms with Crippen LogP contribution in [0.4, 0.5) is 0 Å². The molecule has 2 heterocycles. The number of oxazole rings is 1. The minimum Gasteiger partial charge on any atom is -0.475 e. The molecule has 0 atom stereocenters. The van der Waals surface area contributed by atoms with Crippen molar-refractivity contribution in [1.82, 2.24) is 9.97 Å². The van der Waals surface area contributed by atoms with Crippen molar-refractivity contribution in [3.63, 3.8) is 0 Å². The summed E-state index contributed by atoms with van der Waals surface area (Å²) in [6.45, 7) is 0. The molecule has 1 aliphatic rings. The van der Waals surface area contributed by atoms with Crippen LogP contribution < -0.4 is 4.74 Å². The molecule has 35 heavy (non-hydrogen) atoms. The van der Waals surface area contributed by atoms with Crippen LogP contribution in [0, 0.1) is 0 Å². The number of pyridine rings is 1. The Kier molecular flexibility index (Phi) is 6.70. The van der Waals surface area contributed by atoms with E-state index in [1.54, 1.807) is 18.5 Å². The predicted octanol–water partition coefficient (Wildman–Crippen LogP) is 5.80. The van der Waals surface area contributed by atoms with Crippen molar-refractivity contribution in [3.05, 3.63) is 113 Å². The first-order valence-electron chi connectivity index (χ1n) is 11.8. The van der Waals surface area contributed by atoms with Gasteiger partial charge in [-0.25, -0.2) is 9.78 Å². The van der Waals surface area contributed by atoms with Gasteiger partial charge in [-0.05, 0) is 66.1 Å². The zero-order chi connectivity index (χ0) is 24.0. The van der Waals surface area contributed by atoms with E-state index in [2.05, 4.69) is 22.1 Å². The van der Waals surface area contributed by atoms with Crippen LogP contribution in [0.3, 0.4) is 0 Å². The van der Waals surface area contributed by atoms with Crippen molar-refractivity contribution in [2.75, 3.05) is 0 Å². The van der Waals surface area contributed by atoms with Gasteiger partial charge in [0.2, 0.25) is 5.76 Å². The van der Waals surface area contributed by atoms with Crippen LogP contribution >= 0.6 is 0 Å². The van der Waals surface area contributed by atoms with E-state index in [-0.39, 0.29) is 5.76 Å². The fraction of sp³-hybridized carbons (Fsp3) is 0.207. The maximum absolute atomic E-state index is 11.9. The number of nitrogens with zero attached hydrogens (tertiary/aromatic N) is 2. The molecule has 0 radical (unpaired) electrons. The number of fused-ring (bicyclic) bond motifs is 1. The van der Waals surface area contributed by atoms with Gasteiger partial charge in [-0.2, -0.15) is 0 Å². The molecule has 0 amide bonds. The van der Waals surface area contributed by atoms with Crippen molar-refractivity contribution in [2.45, 2.75) is 38.5 Å². The van der Waals surface area contributed by atoms with Crippen molar-refractivity contribution in [3.8, 4) is 16.9 Å². The first-order valence-corrected chi connectivity index (χ1v) is 11.8. The lowest BCUT2D eigenvalue weighted by Crippen LogP contribution is -2.11. The Balaban J connectivity index is 1.31. The van der Waals surface area contributed by atoms with Gasteiger partial charge in [0.05, 0.1) is 5.69 Å². The van der Waals surface area contributed by atoms with Crippen LogP contribution in [0.1, 0.15) is 41.1 Å². The number of aliphatic carboxylic acids is 1. The minimum atomic E-state index is -1.10. The van der Waals surface area contributed by atoms with Gasteiger partial charge in [0, 0.05) is 30.8 Å². The molecule has 4 aromatic rings. The standard InChI is InChI=1S/C29H26N2O4/c32-29(33)27(35-26-13-5-9-20-7-1-4-12-25(20)26)15-14-23-19-34-28(31-23)17-21-8-2-3-11-24(21)22-10-6-16-30-18-22/h2-3,5-6,8-11,13,15-16,18-19H,1,4,7,12,14,17H2,(H,32,33). The molecule has 0 bridgehead atoms. The van der Waals surface area contributed by atoms with Crippen molar-refractivity contribution in [2.24, 2.45) is 0 Å². The zero-order valence-corrected chi connectivity index (χ0v) is 19.3. The van der Waals surface area contributed by atoms with Crippen LogP contribution in [-0.2, 0) is 30.5 Å². The number of allylic oxidation sites excluding steroid dienone is 1. The van der Waals surface area contributed by atoms with Gasteiger partial charge in [0.15, 0.2) is 5.89 Å². The number of carboxylic acid groups (broad SMARTS) is 1. The van der Waals surface area contributed by atoms with Crippen molar-refractivity contribution in [1.29, 1.82) is 0 Å². The van der Waals surface area contributed by atoms with Gasteiger partial charge in [-0.15, -0.1) is 0 Å². The Morgan fingerprint density at radius 1 is 1.06 bits per heavy atom. The number of benzene rings is 2. The summed E-state index contributed by atoms with van der Waals surface area (Å²) in [7, 11) is 0. The van der Waals surface area contributed by atoms with Gasteiger partial charge in [0.25, 0.3) is 0 Å². The molecular formula is C29H26N2O4. The summed E-state index contributed by atoms with van der Waals surface area (Å²) in [5, 5.41) is 9.71. The number of aryl methyl sites for hydroxylation is 1.